The number of carbonyl (C=O) groups is 2. The molecule has 1 aliphatic heterocycles. The van der Waals surface area contributed by atoms with Crippen LogP contribution >= 0.6 is 0 Å². The second-order valence-corrected chi connectivity index (χ2v) is 5.40. The Labute approximate surface area is 129 Å². The van der Waals surface area contributed by atoms with Crippen molar-refractivity contribution in [2.24, 2.45) is 0 Å². The Morgan fingerprint density at radius 1 is 1.27 bits per heavy atom. The zero-order valence-corrected chi connectivity index (χ0v) is 12.3. The lowest BCUT2D eigenvalue weighted by molar-refractivity contribution is -0.137. The van der Waals surface area contributed by atoms with E-state index in [-0.39, 0.29) is 6.04 Å². The molecule has 0 fully saturated rings. The van der Waals surface area contributed by atoms with Gasteiger partial charge in [0.15, 0.2) is 0 Å². The van der Waals surface area contributed by atoms with Crippen molar-refractivity contribution in [1.82, 2.24) is 10.3 Å². The SMILES string of the molecule is CC1Cc2ccccc2N1C(=O)C(=O)NCc1cccnc1. The van der Waals surface area contributed by atoms with Crippen LogP contribution in [0.1, 0.15) is 18.1 Å². The van der Waals surface area contributed by atoms with Gasteiger partial charge in [0.2, 0.25) is 0 Å². The van der Waals surface area contributed by atoms with Gasteiger partial charge in [0, 0.05) is 30.7 Å². The van der Waals surface area contributed by atoms with Crippen LogP contribution in [0.4, 0.5) is 5.69 Å². The largest absolute Gasteiger partial charge is 0.344 e. The lowest BCUT2D eigenvalue weighted by Crippen LogP contribution is -2.45. The molecule has 2 aromatic rings. The first kappa shape index (κ1) is 14.3. The maximum absolute atomic E-state index is 12.4. The zero-order chi connectivity index (χ0) is 15.5. The summed E-state index contributed by atoms with van der Waals surface area (Å²) in [5.74, 6) is -1.10. The summed E-state index contributed by atoms with van der Waals surface area (Å²) in [6.45, 7) is 2.24. The number of rotatable bonds is 2. The van der Waals surface area contributed by atoms with Crippen LogP contribution in [0.2, 0.25) is 0 Å². The van der Waals surface area contributed by atoms with Gasteiger partial charge in [-0.15, -0.1) is 0 Å². The maximum atomic E-state index is 12.4. The lowest BCUT2D eigenvalue weighted by Gasteiger charge is -2.21. The Balaban J connectivity index is 1.70. The minimum absolute atomic E-state index is 0.00552. The standard InChI is InChI=1S/C17H17N3O2/c1-12-9-14-6-2-3-7-15(14)20(12)17(22)16(21)19-11-13-5-4-8-18-10-13/h2-8,10,12H,9,11H2,1H3,(H,19,21). The molecule has 2 amide bonds. The van der Waals surface area contributed by atoms with E-state index in [9.17, 15) is 9.59 Å². The van der Waals surface area contributed by atoms with Crippen molar-refractivity contribution in [2.75, 3.05) is 4.90 Å². The lowest BCUT2D eigenvalue weighted by atomic mass is 10.1. The molecule has 0 bridgehead atoms. The number of amides is 2. The first-order valence-electron chi connectivity index (χ1n) is 7.25. The van der Waals surface area contributed by atoms with Crippen molar-refractivity contribution in [2.45, 2.75) is 25.9 Å². The van der Waals surface area contributed by atoms with E-state index in [0.717, 1.165) is 23.2 Å². The van der Waals surface area contributed by atoms with E-state index < -0.39 is 11.8 Å². The van der Waals surface area contributed by atoms with Crippen LogP contribution in [-0.4, -0.2) is 22.8 Å². The Hall–Kier alpha value is -2.69. The molecule has 1 aliphatic rings. The van der Waals surface area contributed by atoms with E-state index in [0.29, 0.717) is 6.54 Å². The van der Waals surface area contributed by atoms with Crippen LogP contribution < -0.4 is 10.2 Å². The molecule has 1 unspecified atom stereocenters. The van der Waals surface area contributed by atoms with Gasteiger partial charge >= 0.3 is 11.8 Å². The van der Waals surface area contributed by atoms with Gasteiger partial charge in [-0.1, -0.05) is 24.3 Å². The van der Waals surface area contributed by atoms with Crippen LogP contribution in [0.25, 0.3) is 0 Å². The number of pyridine rings is 1. The van der Waals surface area contributed by atoms with Crippen molar-refractivity contribution in [1.29, 1.82) is 0 Å². The first-order valence-corrected chi connectivity index (χ1v) is 7.25. The normalized spacial score (nSPS) is 16.2. The third-order valence-corrected chi connectivity index (χ3v) is 3.80. The van der Waals surface area contributed by atoms with Crippen LogP contribution in [0, 0.1) is 0 Å². The van der Waals surface area contributed by atoms with Gasteiger partial charge in [0.05, 0.1) is 0 Å². The summed E-state index contributed by atoms with van der Waals surface area (Å²) in [5, 5.41) is 2.66. The molecule has 1 aromatic heterocycles. The summed E-state index contributed by atoms with van der Waals surface area (Å²) < 4.78 is 0. The smallest absolute Gasteiger partial charge is 0.316 e. The average Bonchev–Trinajstić information content (AvgIpc) is 2.88. The molecule has 1 atom stereocenters. The maximum Gasteiger partial charge on any atom is 0.316 e. The fourth-order valence-corrected chi connectivity index (χ4v) is 2.75. The number of nitrogens with one attached hydrogen (secondary N) is 1. The second-order valence-electron chi connectivity index (χ2n) is 5.40. The highest BCUT2D eigenvalue weighted by molar-refractivity contribution is 6.40. The fourth-order valence-electron chi connectivity index (χ4n) is 2.75. The Morgan fingerprint density at radius 2 is 2.09 bits per heavy atom. The van der Waals surface area contributed by atoms with E-state index in [1.807, 2.05) is 37.3 Å². The summed E-state index contributed by atoms with van der Waals surface area (Å²) in [6, 6.07) is 11.3. The highest BCUT2D eigenvalue weighted by atomic mass is 16.2. The molecule has 5 heteroatoms. The molecular formula is C17H17N3O2. The quantitative estimate of drug-likeness (QED) is 0.857. The van der Waals surface area contributed by atoms with Gasteiger partial charge in [0.1, 0.15) is 0 Å². The molecule has 5 nitrogen and oxygen atoms in total. The molecular weight excluding hydrogens is 278 g/mol. The minimum atomic E-state index is -0.590. The molecule has 0 radical (unpaired) electrons. The number of nitrogens with zero attached hydrogens (tertiary/aromatic N) is 2. The van der Waals surface area contributed by atoms with E-state index in [1.165, 1.54) is 0 Å². The van der Waals surface area contributed by atoms with Crippen LogP contribution in [0.15, 0.2) is 48.8 Å². The van der Waals surface area contributed by atoms with E-state index in [1.54, 1.807) is 23.4 Å². The van der Waals surface area contributed by atoms with E-state index in [2.05, 4.69) is 10.3 Å². The topological polar surface area (TPSA) is 62.3 Å². The molecule has 0 saturated heterocycles. The first-order chi connectivity index (χ1) is 10.7. The summed E-state index contributed by atoms with van der Waals surface area (Å²) >= 11 is 0. The Morgan fingerprint density at radius 3 is 2.86 bits per heavy atom. The van der Waals surface area contributed by atoms with Gasteiger partial charge in [-0.05, 0) is 36.6 Å². The predicted molar refractivity (Wildman–Crippen MR) is 83.2 cm³/mol. The molecule has 112 valence electrons. The van der Waals surface area contributed by atoms with Gasteiger partial charge in [-0.2, -0.15) is 0 Å². The molecule has 3 rings (SSSR count). The van der Waals surface area contributed by atoms with Crippen molar-refractivity contribution in [3.05, 3.63) is 59.9 Å². The van der Waals surface area contributed by atoms with Crippen LogP contribution in [-0.2, 0) is 22.6 Å². The highest BCUT2D eigenvalue weighted by Gasteiger charge is 2.33. The van der Waals surface area contributed by atoms with Crippen molar-refractivity contribution in [3.8, 4) is 0 Å². The summed E-state index contributed by atoms with van der Waals surface area (Å²) in [4.78, 5) is 30.1. The number of hydrogen-bond donors (Lipinski definition) is 1. The van der Waals surface area contributed by atoms with Gasteiger partial charge in [0.25, 0.3) is 0 Å². The molecule has 0 spiro atoms. The summed E-state index contributed by atoms with van der Waals surface area (Å²) in [7, 11) is 0. The monoisotopic (exact) mass is 295 g/mol. The fraction of sp³-hybridized carbons (Fsp3) is 0.235. The van der Waals surface area contributed by atoms with Crippen LogP contribution in [0.5, 0.6) is 0 Å². The van der Waals surface area contributed by atoms with Crippen molar-refractivity contribution < 1.29 is 9.59 Å². The van der Waals surface area contributed by atoms with Crippen molar-refractivity contribution >= 4 is 17.5 Å². The summed E-state index contributed by atoms with van der Waals surface area (Å²) in [5.41, 5.74) is 2.79. The Kier molecular flexibility index (Phi) is 3.87. The number of carbonyl (C=O) groups excluding carboxylic acids is 2. The molecule has 2 heterocycles. The number of hydrogen-bond acceptors (Lipinski definition) is 3. The molecule has 1 aromatic carbocycles. The highest BCUT2D eigenvalue weighted by Crippen LogP contribution is 2.31. The minimum Gasteiger partial charge on any atom is -0.344 e. The van der Waals surface area contributed by atoms with E-state index in [4.69, 9.17) is 0 Å². The van der Waals surface area contributed by atoms with Gasteiger partial charge < -0.3 is 10.2 Å². The Bertz CT molecular complexity index is 700. The number of anilines is 1. The zero-order valence-electron chi connectivity index (χ0n) is 12.3. The van der Waals surface area contributed by atoms with Crippen molar-refractivity contribution in [3.63, 3.8) is 0 Å². The number of benzene rings is 1. The molecule has 0 aliphatic carbocycles. The number of para-hydroxylation sites is 1. The third-order valence-electron chi connectivity index (χ3n) is 3.80. The number of aromatic nitrogens is 1. The second kappa shape index (κ2) is 5.97. The number of fused-ring (bicyclic) bond motifs is 1. The molecule has 0 saturated carbocycles. The molecule has 22 heavy (non-hydrogen) atoms. The summed E-state index contributed by atoms with van der Waals surface area (Å²) in [6.07, 6.45) is 4.11. The molecule has 1 N–H and O–H groups in total. The third kappa shape index (κ3) is 2.70. The van der Waals surface area contributed by atoms with E-state index >= 15 is 0 Å². The van der Waals surface area contributed by atoms with Gasteiger partial charge in [-0.3, -0.25) is 14.6 Å². The predicted octanol–water partition coefficient (Wildman–Crippen LogP) is 1.68. The van der Waals surface area contributed by atoms with Crippen LogP contribution in [0.3, 0.4) is 0 Å². The average molecular weight is 295 g/mol. The van der Waals surface area contributed by atoms with Gasteiger partial charge in [-0.25, -0.2) is 0 Å².